The molecule has 0 aliphatic carbocycles. The minimum absolute atomic E-state index is 0.434. The monoisotopic (exact) mass is 192 g/mol. The van der Waals surface area contributed by atoms with Gasteiger partial charge in [-0.2, -0.15) is 0 Å². The Labute approximate surface area is 86.9 Å². The van der Waals surface area contributed by atoms with E-state index < -0.39 is 0 Å². The first-order valence-electron chi connectivity index (χ1n) is 5.04. The number of nitrogens with one attached hydrogen (secondary N) is 1. The molecule has 0 saturated carbocycles. The van der Waals surface area contributed by atoms with Crippen molar-refractivity contribution in [2.45, 2.75) is 19.5 Å². The molecule has 0 aliphatic heterocycles. The van der Waals surface area contributed by atoms with E-state index in [1.807, 2.05) is 7.05 Å². The highest BCUT2D eigenvalue weighted by atomic mass is 15.0. The van der Waals surface area contributed by atoms with Gasteiger partial charge in [0.15, 0.2) is 0 Å². The Morgan fingerprint density at radius 1 is 1.21 bits per heavy atom. The third-order valence-electron chi connectivity index (χ3n) is 2.41. The molecular weight excluding hydrogens is 172 g/mol. The van der Waals surface area contributed by atoms with Gasteiger partial charge < -0.3 is 10.2 Å². The highest BCUT2D eigenvalue weighted by Gasteiger charge is 2.01. The van der Waals surface area contributed by atoms with Gasteiger partial charge in [-0.25, -0.2) is 0 Å². The highest BCUT2D eigenvalue weighted by Crippen LogP contribution is 2.13. The smallest absolute Gasteiger partial charge is 0.0289 e. The molecule has 0 aliphatic rings. The molecule has 1 N–H and O–H groups in total. The molecule has 1 aromatic carbocycles. The molecule has 0 unspecified atom stereocenters. The van der Waals surface area contributed by atoms with Gasteiger partial charge >= 0.3 is 0 Å². The molecule has 0 amide bonds. The first-order chi connectivity index (χ1) is 6.63. The molecule has 2 heteroatoms. The number of hydrogen-bond acceptors (Lipinski definition) is 2. The summed E-state index contributed by atoms with van der Waals surface area (Å²) < 4.78 is 0. The van der Waals surface area contributed by atoms with Gasteiger partial charge in [-0.3, -0.25) is 0 Å². The van der Waals surface area contributed by atoms with Crippen LogP contribution in [0.25, 0.3) is 0 Å². The molecule has 14 heavy (non-hydrogen) atoms. The molecular formula is C12H20N2. The zero-order valence-electron chi connectivity index (χ0n) is 9.54. The molecule has 0 heterocycles. The molecule has 1 aromatic rings. The maximum Gasteiger partial charge on any atom is 0.0289 e. The van der Waals surface area contributed by atoms with Gasteiger partial charge in [0.25, 0.3) is 0 Å². The Hall–Kier alpha value is -0.860. The molecule has 0 aromatic heterocycles. The number of nitrogens with zero attached hydrogens (tertiary/aromatic N) is 1. The highest BCUT2D eigenvalue weighted by molar-refractivity contribution is 5.24. The third-order valence-corrected chi connectivity index (χ3v) is 2.41. The lowest BCUT2D eigenvalue weighted by molar-refractivity contribution is 0.402. The van der Waals surface area contributed by atoms with E-state index in [-0.39, 0.29) is 0 Å². The summed E-state index contributed by atoms with van der Waals surface area (Å²) in [6.07, 6.45) is 0. The molecule has 0 bridgehead atoms. The predicted octanol–water partition coefficient (Wildman–Crippen LogP) is 2.03. The molecule has 0 fully saturated rings. The summed E-state index contributed by atoms with van der Waals surface area (Å²) in [7, 11) is 6.16. The minimum atomic E-state index is 0.434. The molecule has 0 radical (unpaired) electrons. The Kier molecular flexibility index (Phi) is 4.11. The average Bonchev–Trinajstić information content (AvgIpc) is 2.17. The minimum Gasteiger partial charge on any atom is -0.313 e. The van der Waals surface area contributed by atoms with Crippen LogP contribution < -0.4 is 5.32 Å². The van der Waals surface area contributed by atoms with E-state index in [0.717, 1.165) is 6.54 Å². The van der Waals surface area contributed by atoms with Crippen LogP contribution in [-0.4, -0.2) is 26.0 Å². The van der Waals surface area contributed by atoms with E-state index >= 15 is 0 Å². The summed E-state index contributed by atoms with van der Waals surface area (Å²) in [6.45, 7) is 3.18. The van der Waals surface area contributed by atoms with Crippen LogP contribution in [0.15, 0.2) is 24.3 Å². The Bertz CT molecular complexity index is 264. The molecule has 1 rings (SSSR count). The van der Waals surface area contributed by atoms with Crippen LogP contribution in [0.3, 0.4) is 0 Å². The summed E-state index contributed by atoms with van der Waals surface area (Å²) in [6, 6.07) is 9.22. The quantitative estimate of drug-likeness (QED) is 0.785. The van der Waals surface area contributed by atoms with Crippen LogP contribution in [0.4, 0.5) is 0 Å². The van der Waals surface area contributed by atoms with Gasteiger partial charge in [-0.05, 0) is 39.2 Å². The van der Waals surface area contributed by atoms with Crippen molar-refractivity contribution in [3.8, 4) is 0 Å². The van der Waals surface area contributed by atoms with Crippen molar-refractivity contribution in [2.24, 2.45) is 0 Å². The van der Waals surface area contributed by atoms with Crippen LogP contribution in [0, 0.1) is 0 Å². The van der Waals surface area contributed by atoms with Crippen LogP contribution in [0.5, 0.6) is 0 Å². The van der Waals surface area contributed by atoms with Crippen molar-refractivity contribution in [3.63, 3.8) is 0 Å². The van der Waals surface area contributed by atoms with Crippen LogP contribution in [0.2, 0.25) is 0 Å². The van der Waals surface area contributed by atoms with Crippen LogP contribution >= 0.6 is 0 Å². The fraction of sp³-hybridized carbons (Fsp3) is 0.500. The van der Waals surface area contributed by atoms with Gasteiger partial charge in [0.05, 0.1) is 0 Å². The molecule has 1 atom stereocenters. The standard InChI is InChI=1S/C12H20N2/c1-10(13-2)12-7-5-11(6-8-12)9-14(3)4/h5-8,10,13H,9H2,1-4H3/t10-/m1/s1. The fourth-order valence-corrected chi connectivity index (χ4v) is 1.44. The van der Waals surface area contributed by atoms with Crippen LogP contribution in [0.1, 0.15) is 24.1 Å². The lowest BCUT2D eigenvalue weighted by Crippen LogP contribution is -2.13. The first kappa shape index (κ1) is 11.2. The van der Waals surface area contributed by atoms with Gasteiger partial charge in [0, 0.05) is 12.6 Å². The Balaban J connectivity index is 2.68. The third kappa shape index (κ3) is 3.13. The van der Waals surface area contributed by atoms with E-state index in [2.05, 4.69) is 55.5 Å². The van der Waals surface area contributed by atoms with Gasteiger partial charge in [0.1, 0.15) is 0 Å². The zero-order valence-corrected chi connectivity index (χ0v) is 9.54. The second-order valence-corrected chi connectivity index (χ2v) is 3.99. The lowest BCUT2D eigenvalue weighted by atomic mass is 10.1. The predicted molar refractivity (Wildman–Crippen MR) is 61.3 cm³/mol. The first-order valence-corrected chi connectivity index (χ1v) is 5.04. The van der Waals surface area contributed by atoms with Gasteiger partial charge in [0.2, 0.25) is 0 Å². The van der Waals surface area contributed by atoms with Crippen molar-refractivity contribution in [1.29, 1.82) is 0 Å². The maximum atomic E-state index is 3.23. The normalized spacial score (nSPS) is 13.2. The van der Waals surface area contributed by atoms with Crippen molar-refractivity contribution in [3.05, 3.63) is 35.4 Å². The van der Waals surface area contributed by atoms with Crippen molar-refractivity contribution >= 4 is 0 Å². The molecule has 0 saturated heterocycles. The second kappa shape index (κ2) is 5.13. The zero-order chi connectivity index (χ0) is 10.6. The van der Waals surface area contributed by atoms with E-state index in [1.54, 1.807) is 0 Å². The Morgan fingerprint density at radius 3 is 2.21 bits per heavy atom. The van der Waals surface area contributed by atoms with E-state index in [4.69, 9.17) is 0 Å². The fourth-order valence-electron chi connectivity index (χ4n) is 1.44. The lowest BCUT2D eigenvalue weighted by Gasteiger charge is -2.13. The van der Waals surface area contributed by atoms with Gasteiger partial charge in [-0.1, -0.05) is 24.3 Å². The summed E-state index contributed by atoms with van der Waals surface area (Å²) in [4.78, 5) is 2.18. The Morgan fingerprint density at radius 2 is 1.79 bits per heavy atom. The molecule has 78 valence electrons. The second-order valence-electron chi connectivity index (χ2n) is 3.99. The van der Waals surface area contributed by atoms with E-state index in [1.165, 1.54) is 11.1 Å². The number of hydrogen-bond donors (Lipinski definition) is 1. The van der Waals surface area contributed by atoms with Gasteiger partial charge in [-0.15, -0.1) is 0 Å². The number of rotatable bonds is 4. The average molecular weight is 192 g/mol. The largest absolute Gasteiger partial charge is 0.313 e. The summed E-state index contributed by atoms with van der Waals surface area (Å²) in [5.74, 6) is 0. The SMILES string of the molecule is CN[C@H](C)c1ccc(CN(C)C)cc1. The number of benzene rings is 1. The van der Waals surface area contributed by atoms with E-state index in [9.17, 15) is 0 Å². The van der Waals surface area contributed by atoms with E-state index in [0.29, 0.717) is 6.04 Å². The topological polar surface area (TPSA) is 15.3 Å². The maximum absolute atomic E-state index is 3.23. The summed E-state index contributed by atoms with van der Waals surface area (Å²) in [5, 5.41) is 3.23. The summed E-state index contributed by atoms with van der Waals surface area (Å²) in [5.41, 5.74) is 2.71. The molecule has 2 nitrogen and oxygen atoms in total. The van der Waals surface area contributed by atoms with Crippen LogP contribution in [-0.2, 0) is 6.54 Å². The molecule has 0 spiro atoms. The van der Waals surface area contributed by atoms with Crippen molar-refractivity contribution in [1.82, 2.24) is 10.2 Å². The van der Waals surface area contributed by atoms with Crippen molar-refractivity contribution in [2.75, 3.05) is 21.1 Å². The van der Waals surface area contributed by atoms with Crippen molar-refractivity contribution < 1.29 is 0 Å². The summed E-state index contributed by atoms with van der Waals surface area (Å²) >= 11 is 0.